The van der Waals surface area contributed by atoms with E-state index < -0.39 is 23.0 Å². The highest BCUT2D eigenvalue weighted by Gasteiger charge is 2.47. The molecule has 3 aromatic carbocycles. The Labute approximate surface area is 250 Å². The maximum atomic E-state index is 6.66. The molecule has 1 aliphatic heterocycles. The van der Waals surface area contributed by atoms with Crippen LogP contribution >= 0.6 is 23.0 Å². The fourth-order valence-corrected chi connectivity index (χ4v) is 13.7. The van der Waals surface area contributed by atoms with Crippen LogP contribution in [0.25, 0.3) is 0 Å². The van der Waals surface area contributed by atoms with Crippen LogP contribution in [0, 0.1) is 20.8 Å². The highest BCUT2D eigenvalue weighted by molar-refractivity contribution is 7.78. The summed E-state index contributed by atoms with van der Waals surface area (Å²) in [5, 5.41) is 0. The number of hydrogen-bond acceptors (Lipinski definition) is 9. The van der Waals surface area contributed by atoms with Crippen LogP contribution in [-0.4, -0.2) is 18.3 Å². The van der Waals surface area contributed by atoms with Crippen molar-refractivity contribution in [3.8, 4) is 17.2 Å². The van der Waals surface area contributed by atoms with Gasteiger partial charge < -0.3 is 13.6 Å². The molecule has 42 heavy (non-hydrogen) atoms. The molecule has 12 heteroatoms. The molecule has 0 radical (unpaired) electrons. The van der Waals surface area contributed by atoms with Gasteiger partial charge in [0.15, 0.2) is 0 Å². The maximum Gasteiger partial charge on any atom is 0.404 e. The van der Waals surface area contributed by atoms with Crippen LogP contribution in [-0.2, 0) is 13.6 Å². The highest BCUT2D eigenvalue weighted by atomic mass is 31.3. The van der Waals surface area contributed by atoms with Crippen LogP contribution in [0.5, 0.6) is 17.2 Å². The van der Waals surface area contributed by atoms with E-state index in [0.717, 1.165) is 16.7 Å². The SMILES string of the molecule is Cc1cccc(OP2(OC(C)C)=NP(Oc3cccc(C)c3)(OC(C)C)=NP(Oc3cccc(C)c3)(OC(C)C)=N2)c1. The first kappa shape index (κ1) is 32.5. The second kappa shape index (κ2) is 13.5. The molecule has 9 nitrogen and oxygen atoms in total. The number of benzene rings is 3. The van der Waals surface area contributed by atoms with E-state index in [4.69, 9.17) is 40.7 Å². The third-order valence-electron chi connectivity index (χ3n) is 5.36. The Hall–Kier alpha value is -2.37. The van der Waals surface area contributed by atoms with Crippen molar-refractivity contribution in [1.82, 2.24) is 0 Å². The van der Waals surface area contributed by atoms with E-state index in [1.807, 2.05) is 135 Å². The van der Waals surface area contributed by atoms with Gasteiger partial charge in [-0.05, 0) is 115 Å². The normalized spacial score (nSPS) is 23.7. The van der Waals surface area contributed by atoms with Gasteiger partial charge in [-0.1, -0.05) is 36.4 Å². The van der Waals surface area contributed by atoms with Gasteiger partial charge in [0, 0.05) is 0 Å². The van der Waals surface area contributed by atoms with Gasteiger partial charge in [-0.3, -0.25) is 13.6 Å². The molecule has 0 unspecified atom stereocenters. The van der Waals surface area contributed by atoms with Crippen LogP contribution in [0.2, 0.25) is 0 Å². The van der Waals surface area contributed by atoms with Crippen LogP contribution in [0.15, 0.2) is 86.3 Å². The van der Waals surface area contributed by atoms with Crippen molar-refractivity contribution in [3.63, 3.8) is 0 Å². The minimum absolute atomic E-state index is 0.311. The molecule has 0 bridgehead atoms. The predicted molar refractivity (Wildman–Crippen MR) is 172 cm³/mol. The first-order valence-corrected chi connectivity index (χ1v) is 18.6. The van der Waals surface area contributed by atoms with E-state index in [0.29, 0.717) is 17.2 Å². The minimum atomic E-state index is -3.59. The highest BCUT2D eigenvalue weighted by Crippen LogP contribution is 2.80. The summed E-state index contributed by atoms with van der Waals surface area (Å²) in [7, 11) is -10.8. The van der Waals surface area contributed by atoms with E-state index in [1.54, 1.807) is 0 Å². The molecule has 228 valence electrons. The molecule has 0 N–H and O–H groups in total. The summed E-state index contributed by atoms with van der Waals surface area (Å²) in [5.74, 6) is 1.65. The molecule has 0 atom stereocenters. The fraction of sp³-hybridized carbons (Fsp3) is 0.400. The Kier molecular flexibility index (Phi) is 10.5. The van der Waals surface area contributed by atoms with Crippen molar-refractivity contribution >= 4 is 23.0 Å². The maximum absolute atomic E-state index is 6.66. The van der Waals surface area contributed by atoms with E-state index >= 15 is 0 Å². The molecule has 0 saturated carbocycles. The smallest absolute Gasteiger partial charge is 0.404 e. The van der Waals surface area contributed by atoms with Gasteiger partial charge in [0.05, 0.1) is 18.3 Å². The molecule has 1 heterocycles. The van der Waals surface area contributed by atoms with Crippen molar-refractivity contribution in [2.24, 2.45) is 13.5 Å². The summed E-state index contributed by atoms with van der Waals surface area (Å²) in [6, 6.07) is 23.0. The average Bonchev–Trinajstić information content (AvgIpc) is 2.81. The summed E-state index contributed by atoms with van der Waals surface area (Å²) in [5.41, 5.74) is 3.05. The molecular weight excluding hydrogens is 591 g/mol. The standard InChI is InChI=1S/C30H42N3O6P3/c1-22(2)34-40(37-28-16-10-13-25(7)19-28)31-41(35-23(3)4,38-29-17-11-14-26(8)20-29)33-42(32-40,36-24(5)6)39-30-18-12-15-27(9)21-30/h10-24H,1-9H3. The van der Waals surface area contributed by atoms with Gasteiger partial charge >= 0.3 is 23.0 Å². The van der Waals surface area contributed by atoms with Gasteiger partial charge in [0.1, 0.15) is 17.2 Å². The number of aryl methyl sites for hydroxylation is 3. The molecule has 1 aliphatic rings. The predicted octanol–water partition coefficient (Wildman–Crippen LogP) is 11.3. The summed E-state index contributed by atoms with van der Waals surface area (Å²) in [4.78, 5) is 0. The lowest BCUT2D eigenvalue weighted by molar-refractivity contribution is 0.219. The Bertz CT molecular complexity index is 1370. The monoisotopic (exact) mass is 633 g/mol. The molecule has 3 aromatic rings. The zero-order valence-electron chi connectivity index (χ0n) is 25.8. The zero-order valence-corrected chi connectivity index (χ0v) is 28.5. The first-order chi connectivity index (χ1) is 19.8. The van der Waals surface area contributed by atoms with Crippen molar-refractivity contribution in [2.45, 2.75) is 80.6 Å². The molecule has 0 aromatic heterocycles. The molecule has 0 spiro atoms. The summed E-state index contributed by atoms with van der Waals surface area (Å²) < 4.78 is 55.0. The lowest BCUT2D eigenvalue weighted by atomic mass is 10.2. The number of rotatable bonds is 12. The topological polar surface area (TPSA) is 92.5 Å². The molecule has 0 amide bonds. The Morgan fingerprint density at radius 2 is 0.714 bits per heavy atom. The van der Waals surface area contributed by atoms with E-state index in [2.05, 4.69) is 0 Å². The van der Waals surface area contributed by atoms with Gasteiger partial charge in [-0.25, -0.2) is 0 Å². The van der Waals surface area contributed by atoms with E-state index in [9.17, 15) is 0 Å². The quantitative estimate of drug-likeness (QED) is 0.184. The first-order valence-electron chi connectivity index (χ1n) is 14.0. The second-order valence-electron chi connectivity index (χ2n) is 10.9. The lowest BCUT2D eigenvalue weighted by Crippen LogP contribution is -2.13. The number of hydrogen-bond donors (Lipinski definition) is 0. The van der Waals surface area contributed by atoms with E-state index in [1.165, 1.54) is 0 Å². The minimum Gasteiger partial charge on any atom is -0.422 e. The number of nitrogens with zero attached hydrogens (tertiary/aromatic N) is 3. The van der Waals surface area contributed by atoms with Crippen LogP contribution in [0.4, 0.5) is 0 Å². The summed E-state index contributed by atoms with van der Waals surface area (Å²) in [6.07, 6.45) is -0.934. The second-order valence-corrected chi connectivity index (χ2v) is 17.2. The summed E-state index contributed by atoms with van der Waals surface area (Å²) in [6.45, 7) is 17.4. The Morgan fingerprint density at radius 1 is 0.452 bits per heavy atom. The van der Waals surface area contributed by atoms with Crippen LogP contribution in [0.1, 0.15) is 58.2 Å². The Morgan fingerprint density at radius 3 is 0.929 bits per heavy atom. The van der Waals surface area contributed by atoms with Crippen molar-refractivity contribution in [2.75, 3.05) is 0 Å². The molecule has 0 saturated heterocycles. The summed E-state index contributed by atoms with van der Waals surface area (Å²) >= 11 is 0. The van der Waals surface area contributed by atoms with E-state index in [-0.39, 0.29) is 18.3 Å². The van der Waals surface area contributed by atoms with Gasteiger partial charge in [0.2, 0.25) is 0 Å². The molecule has 0 aliphatic carbocycles. The Balaban J connectivity index is 2.08. The van der Waals surface area contributed by atoms with Crippen molar-refractivity contribution in [3.05, 3.63) is 89.5 Å². The third kappa shape index (κ3) is 8.83. The van der Waals surface area contributed by atoms with Crippen LogP contribution < -0.4 is 13.6 Å². The largest absolute Gasteiger partial charge is 0.422 e. The fourth-order valence-electron chi connectivity index (χ4n) is 4.03. The molecule has 0 fully saturated rings. The van der Waals surface area contributed by atoms with Crippen LogP contribution in [0.3, 0.4) is 0 Å². The van der Waals surface area contributed by atoms with Gasteiger partial charge in [0.25, 0.3) is 0 Å². The average molecular weight is 634 g/mol. The lowest BCUT2D eigenvalue weighted by Gasteiger charge is -2.35. The van der Waals surface area contributed by atoms with Gasteiger partial charge in [-0.15, -0.1) is 13.5 Å². The third-order valence-corrected chi connectivity index (χ3v) is 14.2. The molecular formula is C30H42N3O6P3. The zero-order chi connectivity index (χ0) is 30.5. The van der Waals surface area contributed by atoms with Crippen molar-refractivity contribution < 1.29 is 27.1 Å². The van der Waals surface area contributed by atoms with Gasteiger partial charge in [-0.2, -0.15) is 0 Å². The molecule has 4 rings (SSSR count). The van der Waals surface area contributed by atoms with Crippen molar-refractivity contribution in [1.29, 1.82) is 0 Å².